The molecule has 4 aliphatic rings. The molecule has 0 bridgehead atoms. The molecule has 8 rings (SSSR count). The molecule has 4 N–H and O–H groups in total. The Bertz CT molecular complexity index is 2620. The Kier molecular flexibility index (Phi) is 17.1. The monoisotopic (exact) mass is 1040 g/mol. The molecular weight excluding hydrogens is 970 g/mol. The number of fused-ring (bicyclic) bond motifs is 5. The van der Waals surface area contributed by atoms with Crippen molar-refractivity contribution >= 4 is 16.9 Å². The Labute approximate surface area is 427 Å². The van der Waals surface area contributed by atoms with Crippen molar-refractivity contribution in [2.24, 2.45) is 23.2 Å². The van der Waals surface area contributed by atoms with Crippen molar-refractivity contribution in [3.05, 3.63) is 87.3 Å². The highest BCUT2D eigenvalue weighted by Gasteiger charge is 2.57. The zero-order valence-electron chi connectivity index (χ0n) is 42.3. The maximum atomic E-state index is 13.6. The van der Waals surface area contributed by atoms with E-state index in [0.29, 0.717) is 91.1 Å². The van der Waals surface area contributed by atoms with Gasteiger partial charge in [-0.15, -0.1) is 0 Å². The van der Waals surface area contributed by atoms with Crippen LogP contribution in [-0.4, -0.2) is 106 Å². The molecule has 1 aromatic heterocycles. The molecule has 12 nitrogen and oxygen atoms in total. The minimum absolute atomic E-state index is 0.0252. The second-order valence-electron chi connectivity index (χ2n) is 21.7. The Balaban J connectivity index is 0.809. The average Bonchev–Trinajstić information content (AvgIpc) is 3.87. The number of piperazine rings is 1. The highest BCUT2D eigenvalue weighted by atomic mass is 32.2. The molecule has 0 spiro atoms. The molecule has 1 aliphatic heterocycles. The number of amides is 1. The van der Waals surface area contributed by atoms with Gasteiger partial charge in [0.1, 0.15) is 17.2 Å². The fourth-order valence-electron chi connectivity index (χ4n) is 12.6. The summed E-state index contributed by atoms with van der Waals surface area (Å²) < 4.78 is 83.2. The van der Waals surface area contributed by atoms with E-state index >= 15 is 0 Å². The fraction of sp³-hybridized carbons (Fsp3) is 0.618. The van der Waals surface area contributed by atoms with Gasteiger partial charge in [-0.25, -0.2) is 19.3 Å². The topological polar surface area (TPSA) is 161 Å². The number of ether oxygens (including phenoxy) is 1. The van der Waals surface area contributed by atoms with Gasteiger partial charge in [-0.3, -0.25) is 9.11 Å². The molecule has 3 aromatic carbocycles. The highest BCUT2D eigenvalue weighted by Crippen LogP contribution is 2.63. The molecule has 18 heteroatoms. The largest absolute Gasteiger partial charge is 0.508 e. The van der Waals surface area contributed by atoms with Crippen LogP contribution in [0, 0.1) is 23.2 Å². The summed E-state index contributed by atoms with van der Waals surface area (Å²) in [5.41, 5.74) is 4.59. The van der Waals surface area contributed by atoms with Crippen molar-refractivity contribution in [1.82, 2.24) is 24.6 Å². The molecule has 3 fully saturated rings. The minimum Gasteiger partial charge on any atom is -0.508 e. The Morgan fingerprint density at radius 3 is 2.26 bits per heavy atom. The molecule has 3 aliphatic carbocycles. The van der Waals surface area contributed by atoms with E-state index in [1.165, 1.54) is 21.8 Å². The average molecular weight is 1040 g/mol. The van der Waals surface area contributed by atoms with Crippen molar-refractivity contribution < 1.29 is 51.0 Å². The smallest absolute Gasteiger partial charge is 0.453 e. The normalized spacial score (nSPS) is 23.8. The van der Waals surface area contributed by atoms with Gasteiger partial charge in [-0.05, 0) is 139 Å². The summed E-state index contributed by atoms with van der Waals surface area (Å²) in [5, 5.41) is 38.9. The number of nitrogens with one attached hydrogen (secondary N) is 1. The Morgan fingerprint density at radius 2 is 1.56 bits per heavy atom. The number of carbonyl (C=O) groups excluding carboxylic acids is 1. The van der Waals surface area contributed by atoms with Crippen LogP contribution in [0.3, 0.4) is 0 Å². The third-order valence-corrected chi connectivity index (χ3v) is 18.2. The van der Waals surface area contributed by atoms with Crippen molar-refractivity contribution in [3.63, 3.8) is 0 Å². The zero-order valence-corrected chi connectivity index (χ0v) is 43.1. The van der Waals surface area contributed by atoms with Crippen molar-refractivity contribution in [2.75, 3.05) is 37.7 Å². The van der Waals surface area contributed by atoms with Crippen LogP contribution in [0.5, 0.6) is 17.2 Å². The maximum absolute atomic E-state index is 13.6. The molecular formula is C55H72F5N5O7S. The second kappa shape index (κ2) is 23.0. The van der Waals surface area contributed by atoms with Gasteiger partial charge >= 0.3 is 23.9 Å². The number of alkyl halides is 5. The summed E-state index contributed by atoms with van der Waals surface area (Å²) in [6, 6.07) is 16.7. The number of aromatic hydroxyl groups is 2. The van der Waals surface area contributed by atoms with Gasteiger partial charge in [0.2, 0.25) is 0 Å². The lowest BCUT2D eigenvalue weighted by molar-refractivity contribution is -0.284. The summed E-state index contributed by atoms with van der Waals surface area (Å²) in [4.78, 5) is 30.6. The second-order valence-corrected chi connectivity index (χ2v) is 23.4. The fourth-order valence-corrected chi connectivity index (χ4v) is 13.7. The predicted molar refractivity (Wildman–Crippen MR) is 271 cm³/mol. The van der Waals surface area contributed by atoms with Crippen LogP contribution in [0.2, 0.25) is 0 Å². The van der Waals surface area contributed by atoms with Gasteiger partial charge in [0.05, 0.1) is 17.4 Å². The third kappa shape index (κ3) is 12.3. The SMILES string of the molecule is CC(C)c1cc(-c2n[nH]c(=O)n2-c2ccc(CN3CCN(C(=O)Oc4ccc5c(c4)C[C@@H](CCCCCCCCCS(=O)CCCC(F)(F)C(F)(F)F)C4[C@@H]5CC[C@]5(C)[C@@H](O)CC[C@@H]45)CC3)cc2)c(O)cc1O. The van der Waals surface area contributed by atoms with E-state index in [1.807, 2.05) is 44.2 Å². The highest BCUT2D eigenvalue weighted by molar-refractivity contribution is 7.84. The quantitative estimate of drug-likeness (QED) is 0.0499. The molecule has 2 heterocycles. The molecule has 0 radical (unpaired) electrons. The van der Waals surface area contributed by atoms with Crippen LogP contribution in [0.25, 0.3) is 17.1 Å². The summed E-state index contributed by atoms with van der Waals surface area (Å²) in [7, 11) is -1.41. The first-order chi connectivity index (χ1) is 34.7. The maximum Gasteiger partial charge on any atom is 0.453 e. The number of halogens is 5. The first-order valence-corrected chi connectivity index (χ1v) is 27.9. The number of unbranched alkanes of at least 4 members (excludes halogenated alkanes) is 6. The minimum atomic E-state index is -5.58. The molecule has 7 atom stereocenters. The molecule has 2 saturated carbocycles. The number of carbonyl (C=O) groups is 1. The van der Waals surface area contributed by atoms with Crippen LogP contribution in [0.15, 0.2) is 59.4 Å². The van der Waals surface area contributed by atoms with Crippen LogP contribution in [0.4, 0.5) is 26.7 Å². The van der Waals surface area contributed by atoms with E-state index in [2.05, 4.69) is 34.2 Å². The van der Waals surface area contributed by atoms with Gasteiger partial charge in [-0.2, -0.15) is 27.1 Å². The Morgan fingerprint density at radius 1 is 0.877 bits per heavy atom. The number of phenols is 2. The lowest BCUT2D eigenvalue weighted by atomic mass is 9.52. The third-order valence-electron chi connectivity index (χ3n) is 16.7. The van der Waals surface area contributed by atoms with Crippen LogP contribution in [0.1, 0.15) is 145 Å². The van der Waals surface area contributed by atoms with E-state index in [9.17, 15) is 51.1 Å². The van der Waals surface area contributed by atoms with Gasteiger partial charge in [0.25, 0.3) is 0 Å². The number of aliphatic hydroxyl groups excluding tert-OH is 1. The van der Waals surface area contributed by atoms with Gasteiger partial charge < -0.3 is 25.0 Å². The molecule has 1 saturated heterocycles. The van der Waals surface area contributed by atoms with Gasteiger partial charge in [0, 0.05) is 67.5 Å². The summed E-state index contributed by atoms with van der Waals surface area (Å²) >= 11 is 0. The lowest BCUT2D eigenvalue weighted by Crippen LogP contribution is -2.49. The van der Waals surface area contributed by atoms with E-state index in [4.69, 9.17) is 4.74 Å². The molecule has 1 amide bonds. The van der Waals surface area contributed by atoms with Gasteiger partial charge in [-0.1, -0.05) is 77.5 Å². The number of nitrogens with zero attached hydrogens (tertiary/aromatic N) is 4. The number of phenolic OH excluding ortho intramolecular Hbond substituents is 2. The van der Waals surface area contributed by atoms with Gasteiger partial charge in [0.15, 0.2) is 5.82 Å². The summed E-state index contributed by atoms with van der Waals surface area (Å²) in [6.07, 6.45) is 4.56. The number of aromatic nitrogens is 3. The van der Waals surface area contributed by atoms with Crippen molar-refractivity contribution in [2.45, 2.75) is 154 Å². The van der Waals surface area contributed by atoms with Crippen LogP contribution in [-0.2, 0) is 23.8 Å². The van der Waals surface area contributed by atoms with E-state index in [-0.39, 0.29) is 46.6 Å². The zero-order chi connectivity index (χ0) is 52.2. The molecule has 400 valence electrons. The summed E-state index contributed by atoms with van der Waals surface area (Å²) in [5.74, 6) is -2.28. The van der Waals surface area contributed by atoms with E-state index in [1.54, 1.807) is 11.0 Å². The van der Waals surface area contributed by atoms with Crippen molar-refractivity contribution in [1.29, 1.82) is 0 Å². The van der Waals surface area contributed by atoms with E-state index < -0.39 is 41.4 Å². The summed E-state index contributed by atoms with van der Waals surface area (Å²) in [6.45, 7) is 9.10. The molecule has 4 aromatic rings. The number of hydrogen-bond acceptors (Lipinski definition) is 9. The molecule has 2 unspecified atom stereocenters. The number of H-pyrrole nitrogens is 1. The molecule has 73 heavy (non-hydrogen) atoms. The first-order valence-electron chi connectivity index (χ1n) is 26.4. The van der Waals surface area contributed by atoms with Crippen molar-refractivity contribution in [3.8, 4) is 34.3 Å². The number of rotatable bonds is 20. The number of hydrogen-bond donors (Lipinski definition) is 4. The number of aliphatic hydroxyl groups is 1. The predicted octanol–water partition coefficient (Wildman–Crippen LogP) is 11.4. The number of benzene rings is 3. The van der Waals surface area contributed by atoms with E-state index in [0.717, 1.165) is 82.6 Å². The Hall–Kier alpha value is -4.81. The number of aromatic amines is 1. The van der Waals surface area contributed by atoms with Crippen LogP contribution < -0.4 is 10.4 Å². The lowest BCUT2D eigenvalue weighted by Gasteiger charge is -2.53. The van der Waals surface area contributed by atoms with Crippen LogP contribution >= 0.6 is 0 Å². The standard InChI is InChI=1S/C55H72F5N5O7S/c1-35(2)43-32-44(47(67)33-46(43)66)50-61-62-51(69)65(50)39-15-13-36(14-16-39)34-63-24-26-64(27-25-63)52(70)72-40-17-18-41-38(31-40)30-37(49-42(41)21-23-53(3)45(49)19-20-48(53)68)12-9-7-5-4-6-8-10-28-73(71)29-11-22-54(56,57)55(58,59)60/h13-18,31-33,35,37,42,45,48-49,66-68H,4-12,19-30,34H2,1-3H3,(H,62,69)/t37-,42-,45+,48+,49?,53+,73?/m1/s1. The first kappa shape index (κ1) is 54.5.